The molecule has 16 heavy (non-hydrogen) atoms. The van der Waals surface area contributed by atoms with Gasteiger partial charge in [0.2, 0.25) is 0 Å². The molecule has 88 valence electrons. The molecule has 0 radical (unpaired) electrons. The first-order valence-corrected chi connectivity index (χ1v) is 4.94. The van der Waals surface area contributed by atoms with Gasteiger partial charge in [-0.15, -0.1) is 0 Å². The van der Waals surface area contributed by atoms with Gasteiger partial charge in [-0.2, -0.15) is 0 Å². The van der Waals surface area contributed by atoms with Gasteiger partial charge in [-0.1, -0.05) is 0 Å². The monoisotopic (exact) mass is 225 g/mol. The van der Waals surface area contributed by atoms with E-state index in [0.29, 0.717) is 18.0 Å². The maximum absolute atomic E-state index is 11.1. The van der Waals surface area contributed by atoms with Crippen LogP contribution in [0.2, 0.25) is 0 Å². The van der Waals surface area contributed by atoms with Crippen molar-refractivity contribution in [1.82, 2.24) is 0 Å². The molecule has 2 N–H and O–H groups in total. The molecular weight excluding hydrogens is 210 g/mol. The minimum atomic E-state index is -0.335. The Morgan fingerprint density at radius 3 is 2.81 bits per heavy atom. The largest absolute Gasteiger partial charge is 0.504 e. The molecule has 0 amide bonds. The van der Waals surface area contributed by atoms with Gasteiger partial charge in [-0.3, -0.25) is 4.79 Å². The number of hydrogen-bond acceptors (Lipinski definition) is 5. The average Bonchev–Trinajstić information content (AvgIpc) is 2.27. The third kappa shape index (κ3) is 3.34. The van der Waals surface area contributed by atoms with E-state index in [2.05, 4.69) is 5.32 Å². The van der Waals surface area contributed by atoms with Gasteiger partial charge in [-0.25, -0.2) is 0 Å². The highest BCUT2D eigenvalue weighted by Crippen LogP contribution is 2.28. The number of rotatable bonds is 5. The highest BCUT2D eigenvalue weighted by atomic mass is 16.5. The highest BCUT2D eigenvalue weighted by molar-refractivity contribution is 5.75. The summed E-state index contributed by atoms with van der Waals surface area (Å²) in [4.78, 5) is 11.1. The first-order valence-electron chi connectivity index (χ1n) is 4.94. The zero-order chi connectivity index (χ0) is 12.0. The van der Waals surface area contributed by atoms with Crippen LogP contribution in [0.3, 0.4) is 0 Å². The number of benzene rings is 1. The zero-order valence-corrected chi connectivity index (χ0v) is 9.32. The molecule has 0 aliphatic carbocycles. The highest BCUT2D eigenvalue weighted by Gasteiger charge is 2.04. The quantitative estimate of drug-likeness (QED) is 0.741. The van der Waals surface area contributed by atoms with Crippen LogP contribution >= 0.6 is 0 Å². The molecule has 0 unspecified atom stereocenters. The zero-order valence-electron chi connectivity index (χ0n) is 9.32. The van der Waals surface area contributed by atoms with Crippen molar-refractivity contribution in [2.45, 2.75) is 6.92 Å². The number of carbonyl (C=O) groups is 1. The molecule has 0 aliphatic rings. The van der Waals surface area contributed by atoms with E-state index in [1.165, 1.54) is 13.2 Å². The first kappa shape index (κ1) is 12.2. The number of hydrogen-bond donors (Lipinski definition) is 2. The minimum absolute atomic E-state index is 0.0244. The average molecular weight is 225 g/mol. The van der Waals surface area contributed by atoms with Crippen molar-refractivity contribution >= 4 is 11.7 Å². The summed E-state index contributed by atoms with van der Waals surface area (Å²) in [6.45, 7) is 2.17. The molecule has 0 spiro atoms. The number of aromatic hydroxyl groups is 1. The van der Waals surface area contributed by atoms with Crippen molar-refractivity contribution in [2.75, 3.05) is 25.6 Å². The van der Waals surface area contributed by atoms with Crippen molar-refractivity contribution in [2.24, 2.45) is 0 Å². The van der Waals surface area contributed by atoms with Crippen LogP contribution in [-0.4, -0.2) is 31.3 Å². The molecule has 0 saturated heterocycles. The van der Waals surface area contributed by atoms with Crippen molar-refractivity contribution in [1.29, 1.82) is 0 Å². The third-order valence-corrected chi connectivity index (χ3v) is 1.92. The summed E-state index contributed by atoms with van der Waals surface area (Å²) in [5.74, 6) is 0.0795. The lowest BCUT2D eigenvalue weighted by Crippen LogP contribution is -2.16. The van der Waals surface area contributed by atoms with Crippen LogP contribution < -0.4 is 10.1 Å². The molecule has 5 heteroatoms. The Morgan fingerprint density at radius 1 is 1.50 bits per heavy atom. The number of anilines is 1. The lowest BCUT2D eigenvalue weighted by molar-refractivity contribution is -0.140. The van der Waals surface area contributed by atoms with Crippen molar-refractivity contribution in [3.8, 4) is 11.5 Å². The lowest BCUT2D eigenvalue weighted by Gasteiger charge is -2.08. The summed E-state index contributed by atoms with van der Waals surface area (Å²) >= 11 is 0. The van der Waals surface area contributed by atoms with E-state index >= 15 is 0 Å². The van der Waals surface area contributed by atoms with E-state index in [9.17, 15) is 9.90 Å². The number of carbonyl (C=O) groups excluding carboxylic acids is 1. The Labute approximate surface area is 94.0 Å². The van der Waals surface area contributed by atoms with E-state index in [4.69, 9.17) is 9.47 Å². The van der Waals surface area contributed by atoms with Crippen LogP contribution in [0.25, 0.3) is 0 Å². The molecular formula is C11H15NO4. The van der Waals surface area contributed by atoms with Gasteiger partial charge in [0.05, 0.1) is 13.7 Å². The minimum Gasteiger partial charge on any atom is -0.504 e. The lowest BCUT2D eigenvalue weighted by atomic mass is 10.3. The summed E-state index contributed by atoms with van der Waals surface area (Å²) in [5.41, 5.74) is 0.631. The summed E-state index contributed by atoms with van der Waals surface area (Å²) in [7, 11) is 1.47. The Hall–Kier alpha value is -1.91. The van der Waals surface area contributed by atoms with Crippen LogP contribution in [0, 0.1) is 0 Å². The number of esters is 1. The topological polar surface area (TPSA) is 67.8 Å². The second-order valence-corrected chi connectivity index (χ2v) is 3.05. The van der Waals surface area contributed by atoms with Crippen LogP contribution in [0.5, 0.6) is 11.5 Å². The van der Waals surface area contributed by atoms with Gasteiger partial charge >= 0.3 is 5.97 Å². The molecule has 1 aromatic carbocycles. The van der Waals surface area contributed by atoms with E-state index in [1.54, 1.807) is 19.1 Å². The summed E-state index contributed by atoms with van der Waals surface area (Å²) in [6, 6.07) is 4.80. The summed E-state index contributed by atoms with van der Waals surface area (Å²) < 4.78 is 9.64. The molecule has 0 bridgehead atoms. The maximum atomic E-state index is 11.1. The van der Waals surface area contributed by atoms with Gasteiger partial charge in [-0.05, 0) is 19.1 Å². The number of ether oxygens (including phenoxy) is 2. The van der Waals surface area contributed by atoms with E-state index in [1.807, 2.05) is 0 Å². The Kier molecular flexibility index (Phi) is 4.44. The van der Waals surface area contributed by atoms with Crippen LogP contribution in [0.4, 0.5) is 5.69 Å². The maximum Gasteiger partial charge on any atom is 0.325 e. The van der Waals surface area contributed by atoms with Gasteiger partial charge in [0, 0.05) is 11.8 Å². The molecule has 1 rings (SSSR count). The Bertz CT molecular complexity index is 365. The number of methoxy groups -OCH3 is 1. The summed E-state index contributed by atoms with van der Waals surface area (Å²) in [6.07, 6.45) is 0. The van der Waals surface area contributed by atoms with Crippen molar-refractivity contribution < 1.29 is 19.4 Å². The van der Waals surface area contributed by atoms with Gasteiger partial charge in [0.15, 0.2) is 11.5 Å². The fourth-order valence-corrected chi connectivity index (χ4v) is 1.19. The SMILES string of the molecule is CCOC(=O)CNc1ccc(OC)c(O)c1. The van der Waals surface area contributed by atoms with Crippen LogP contribution in [0.15, 0.2) is 18.2 Å². The number of nitrogens with one attached hydrogen (secondary N) is 1. The Balaban J connectivity index is 2.55. The molecule has 0 heterocycles. The fraction of sp³-hybridized carbons (Fsp3) is 0.364. The standard InChI is InChI=1S/C11H15NO4/c1-3-16-11(14)7-12-8-4-5-10(15-2)9(13)6-8/h4-6,12-13H,3,7H2,1-2H3. The second-order valence-electron chi connectivity index (χ2n) is 3.05. The first-order chi connectivity index (χ1) is 7.67. The van der Waals surface area contributed by atoms with Crippen molar-refractivity contribution in [3.05, 3.63) is 18.2 Å². The van der Waals surface area contributed by atoms with E-state index < -0.39 is 0 Å². The van der Waals surface area contributed by atoms with Crippen LogP contribution in [0.1, 0.15) is 6.92 Å². The number of phenolic OH excluding ortho intramolecular Hbond substituents is 1. The third-order valence-electron chi connectivity index (χ3n) is 1.92. The summed E-state index contributed by atoms with van der Waals surface area (Å²) in [5, 5.41) is 12.3. The molecule has 0 fully saturated rings. The predicted octanol–water partition coefficient (Wildman–Crippen LogP) is 1.38. The molecule has 0 saturated carbocycles. The molecule has 1 aromatic rings. The van der Waals surface area contributed by atoms with Gasteiger partial charge < -0.3 is 19.9 Å². The normalized spacial score (nSPS) is 9.62. The predicted molar refractivity (Wildman–Crippen MR) is 59.8 cm³/mol. The van der Waals surface area contributed by atoms with E-state index in [0.717, 1.165) is 0 Å². The van der Waals surface area contributed by atoms with E-state index in [-0.39, 0.29) is 18.3 Å². The fourth-order valence-electron chi connectivity index (χ4n) is 1.19. The van der Waals surface area contributed by atoms with Crippen LogP contribution in [-0.2, 0) is 9.53 Å². The molecule has 0 aromatic heterocycles. The number of phenols is 1. The molecule has 0 atom stereocenters. The Morgan fingerprint density at radius 2 is 2.25 bits per heavy atom. The second kappa shape index (κ2) is 5.85. The van der Waals surface area contributed by atoms with Crippen molar-refractivity contribution in [3.63, 3.8) is 0 Å². The van der Waals surface area contributed by atoms with Gasteiger partial charge in [0.1, 0.15) is 6.54 Å². The smallest absolute Gasteiger partial charge is 0.325 e. The van der Waals surface area contributed by atoms with Gasteiger partial charge in [0.25, 0.3) is 0 Å². The molecule has 0 aliphatic heterocycles. The molecule has 5 nitrogen and oxygen atoms in total.